The van der Waals surface area contributed by atoms with Gasteiger partial charge in [-0.1, -0.05) is 40.7 Å². The lowest BCUT2D eigenvalue weighted by molar-refractivity contribution is 0.0688. The van der Waals surface area contributed by atoms with Crippen LogP contribution in [-0.2, 0) is 0 Å². The van der Waals surface area contributed by atoms with Crippen molar-refractivity contribution in [2.45, 2.75) is 37.5 Å². The van der Waals surface area contributed by atoms with Crippen LogP contribution in [0.5, 0.6) is 0 Å². The first-order chi connectivity index (χ1) is 16.7. The fourth-order valence-electron chi connectivity index (χ4n) is 4.58. The summed E-state index contributed by atoms with van der Waals surface area (Å²) >= 11 is 0. The molecule has 4 aromatic rings. The number of carbonyl (C=O) groups excluding carboxylic acids is 1. The topological polar surface area (TPSA) is 89.9 Å². The Labute approximate surface area is 195 Å². The monoisotopic (exact) mass is 458 g/mol. The molecule has 1 atom stereocenters. The molecule has 3 heterocycles. The molecule has 1 amide bonds. The van der Waals surface area contributed by atoms with Crippen molar-refractivity contribution in [2.24, 2.45) is 0 Å². The molecule has 1 saturated heterocycles. The van der Waals surface area contributed by atoms with Gasteiger partial charge in [0.25, 0.3) is 5.91 Å². The molecule has 1 unspecified atom stereocenters. The molecule has 34 heavy (non-hydrogen) atoms. The van der Waals surface area contributed by atoms with Gasteiger partial charge in [0.1, 0.15) is 5.82 Å². The van der Waals surface area contributed by atoms with Gasteiger partial charge in [-0.25, -0.2) is 9.07 Å². The van der Waals surface area contributed by atoms with Crippen LogP contribution in [0.2, 0.25) is 0 Å². The number of carbonyl (C=O) groups is 1. The number of benzene rings is 2. The predicted octanol–water partition coefficient (Wildman–Crippen LogP) is 4.35. The smallest absolute Gasteiger partial charge is 0.276 e. The van der Waals surface area contributed by atoms with Crippen molar-refractivity contribution in [3.05, 3.63) is 77.7 Å². The molecule has 0 radical (unpaired) electrons. The molecule has 0 bridgehead atoms. The van der Waals surface area contributed by atoms with Crippen LogP contribution in [0.25, 0.3) is 17.1 Å². The van der Waals surface area contributed by atoms with E-state index in [1.165, 1.54) is 12.1 Å². The average Bonchev–Trinajstić information content (AvgIpc) is 3.41. The van der Waals surface area contributed by atoms with Gasteiger partial charge < -0.3 is 9.42 Å². The highest BCUT2D eigenvalue weighted by atomic mass is 19.1. The molecule has 1 aliphatic carbocycles. The van der Waals surface area contributed by atoms with Gasteiger partial charge in [-0.2, -0.15) is 4.98 Å². The first kappa shape index (κ1) is 20.7. The van der Waals surface area contributed by atoms with E-state index in [0.717, 1.165) is 37.1 Å². The number of hydrogen-bond acceptors (Lipinski definition) is 6. The third-order valence-electron chi connectivity index (χ3n) is 6.45. The van der Waals surface area contributed by atoms with E-state index in [1.807, 2.05) is 35.2 Å². The number of para-hydroxylation sites is 1. The second-order valence-corrected chi connectivity index (χ2v) is 8.90. The second kappa shape index (κ2) is 8.48. The maximum Gasteiger partial charge on any atom is 0.276 e. The van der Waals surface area contributed by atoms with Crippen LogP contribution >= 0.6 is 0 Å². The maximum atomic E-state index is 13.6. The van der Waals surface area contributed by atoms with E-state index in [1.54, 1.807) is 16.8 Å². The van der Waals surface area contributed by atoms with E-state index < -0.39 is 0 Å². The number of aromatic nitrogens is 5. The fourth-order valence-corrected chi connectivity index (χ4v) is 4.58. The molecule has 2 fully saturated rings. The van der Waals surface area contributed by atoms with E-state index >= 15 is 0 Å². The van der Waals surface area contributed by atoms with Gasteiger partial charge in [0, 0.05) is 24.6 Å². The summed E-state index contributed by atoms with van der Waals surface area (Å²) in [7, 11) is 0. The Morgan fingerprint density at radius 1 is 1.03 bits per heavy atom. The highest BCUT2D eigenvalue weighted by molar-refractivity contribution is 5.94. The molecule has 1 aliphatic heterocycles. The second-order valence-electron chi connectivity index (χ2n) is 8.90. The van der Waals surface area contributed by atoms with Crippen molar-refractivity contribution < 1.29 is 13.7 Å². The molecular weight excluding hydrogens is 435 g/mol. The zero-order valence-electron chi connectivity index (χ0n) is 18.5. The molecule has 2 aromatic heterocycles. The molecular formula is C25H23FN6O2. The lowest BCUT2D eigenvalue weighted by atomic mass is 9.97. The van der Waals surface area contributed by atoms with Gasteiger partial charge in [-0.05, 0) is 49.9 Å². The van der Waals surface area contributed by atoms with E-state index in [4.69, 9.17) is 4.52 Å². The third-order valence-corrected chi connectivity index (χ3v) is 6.45. The van der Waals surface area contributed by atoms with Crippen LogP contribution in [-0.4, -0.2) is 49.0 Å². The molecule has 8 nitrogen and oxygen atoms in total. The van der Waals surface area contributed by atoms with Gasteiger partial charge in [-0.15, -0.1) is 5.10 Å². The van der Waals surface area contributed by atoms with E-state index in [-0.39, 0.29) is 17.6 Å². The van der Waals surface area contributed by atoms with Crippen molar-refractivity contribution in [3.63, 3.8) is 0 Å². The third kappa shape index (κ3) is 3.87. The van der Waals surface area contributed by atoms with Crippen LogP contribution in [0, 0.1) is 5.82 Å². The van der Waals surface area contributed by atoms with Crippen LogP contribution in [0.4, 0.5) is 4.39 Å². The summed E-state index contributed by atoms with van der Waals surface area (Å²) in [5, 5.41) is 12.7. The summed E-state index contributed by atoms with van der Waals surface area (Å²) < 4.78 is 20.9. The van der Waals surface area contributed by atoms with E-state index in [2.05, 4.69) is 20.5 Å². The number of amides is 1. The first-order valence-electron chi connectivity index (χ1n) is 11.6. The fraction of sp³-hybridized carbons (Fsp3) is 0.320. The normalized spacial score (nSPS) is 18.3. The summed E-state index contributed by atoms with van der Waals surface area (Å²) in [6.07, 6.45) is 3.72. The van der Waals surface area contributed by atoms with Crippen LogP contribution in [0.15, 0.2) is 59.1 Å². The molecule has 9 heteroatoms. The lowest BCUT2D eigenvalue weighted by Crippen LogP contribution is -2.39. The number of likely N-dealkylation sites (tertiary alicyclic amines) is 1. The first-order valence-corrected chi connectivity index (χ1v) is 11.6. The maximum absolute atomic E-state index is 13.6. The minimum atomic E-state index is -0.353. The quantitative estimate of drug-likeness (QED) is 0.442. The van der Waals surface area contributed by atoms with Crippen LogP contribution in [0.1, 0.15) is 59.6 Å². The van der Waals surface area contributed by atoms with Gasteiger partial charge in [0.2, 0.25) is 11.7 Å². The number of nitrogens with zero attached hydrogens (tertiary/aromatic N) is 6. The Morgan fingerprint density at radius 3 is 2.68 bits per heavy atom. The summed E-state index contributed by atoms with van der Waals surface area (Å²) in [6, 6.07) is 15.9. The Bertz CT molecular complexity index is 1330. The van der Waals surface area contributed by atoms with Crippen molar-refractivity contribution in [2.75, 3.05) is 13.1 Å². The summed E-state index contributed by atoms with van der Waals surface area (Å²) in [5.41, 5.74) is 2.79. The van der Waals surface area contributed by atoms with Crippen molar-refractivity contribution in [1.29, 1.82) is 0 Å². The molecule has 2 aromatic carbocycles. The van der Waals surface area contributed by atoms with Crippen LogP contribution < -0.4 is 0 Å². The largest absolute Gasteiger partial charge is 0.339 e. The highest BCUT2D eigenvalue weighted by Gasteiger charge is 2.37. The van der Waals surface area contributed by atoms with Gasteiger partial charge in [0.05, 0.1) is 17.3 Å². The van der Waals surface area contributed by atoms with Crippen LogP contribution in [0.3, 0.4) is 0 Å². The van der Waals surface area contributed by atoms with Crippen molar-refractivity contribution in [1.82, 2.24) is 30.0 Å². The lowest BCUT2D eigenvalue weighted by Gasteiger charge is -2.30. The Kier molecular flexibility index (Phi) is 5.16. The number of halogens is 1. The van der Waals surface area contributed by atoms with E-state index in [9.17, 15) is 9.18 Å². The Morgan fingerprint density at radius 2 is 1.88 bits per heavy atom. The molecule has 1 saturated carbocycles. The van der Waals surface area contributed by atoms with Gasteiger partial charge >= 0.3 is 0 Å². The molecule has 172 valence electrons. The number of piperidine rings is 1. The van der Waals surface area contributed by atoms with Gasteiger partial charge in [-0.3, -0.25) is 4.79 Å². The molecule has 6 rings (SSSR count). The SMILES string of the molecule is O=C(c1nnn(-c2ccccc2)c1C1CC1)N1CCCC(c2nc(-c3cccc(F)c3)no2)C1. The standard InChI is InChI=1S/C25H23FN6O2/c26-19-8-4-6-17(14-19)23-27-24(34-29-23)18-7-5-13-31(15-18)25(33)21-22(16-11-12-16)32(30-28-21)20-9-2-1-3-10-20/h1-4,6,8-10,14,16,18H,5,7,11-13,15H2. The number of rotatable bonds is 5. The molecule has 0 spiro atoms. The average molecular weight is 458 g/mol. The molecule has 2 aliphatic rings. The summed E-state index contributed by atoms with van der Waals surface area (Å²) in [5.74, 6) is 0.569. The van der Waals surface area contributed by atoms with E-state index in [0.29, 0.717) is 42.0 Å². The minimum Gasteiger partial charge on any atom is -0.339 e. The zero-order chi connectivity index (χ0) is 23.1. The predicted molar refractivity (Wildman–Crippen MR) is 121 cm³/mol. The van der Waals surface area contributed by atoms with Crippen molar-refractivity contribution >= 4 is 5.91 Å². The Balaban J connectivity index is 1.24. The summed E-state index contributed by atoms with van der Waals surface area (Å²) in [6.45, 7) is 1.11. The highest BCUT2D eigenvalue weighted by Crippen LogP contribution is 2.42. The summed E-state index contributed by atoms with van der Waals surface area (Å²) in [4.78, 5) is 19.8. The Hall–Kier alpha value is -3.88. The minimum absolute atomic E-state index is 0.0824. The van der Waals surface area contributed by atoms with Gasteiger partial charge in [0.15, 0.2) is 5.69 Å². The van der Waals surface area contributed by atoms with Crippen molar-refractivity contribution in [3.8, 4) is 17.1 Å². The number of hydrogen-bond donors (Lipinski definition) is 0. The molecule has 0 N–H and O–H groups in total. The zero-order valence-corrected chi connectivity index (χ0v) is 18.5.